The fraction of sp³-hybridized carbons (Fsp3) is 0.667. The van der Waals surface area contributed by atoms with Crippen LogP contribution in [0, 0.1) is 11.2 Å². The highest BCUT2D eigenvalue weighted by molar-refractivity contribution is 5.67. The number of anilines is 1. The molecular formula is C15H22FN3O2. The molecule has 0 spiro atoms. The van der Waals surface area contributed by atoms with Crippen molar-refractivity contribution in [3.8, 4) is 0 Å². The summed E-state index contributed by atoms with van der Waals surface area (Å²) in [5.74, 6) is -1.05. The van der Waals surface area contributed by atoms with E-state index < -0.39 is 11.8 Å². The lowest BCUT2D eigenvalue weighted by Gasteiger charge is -2.36. The number of carboxylic acid groups (broad SMARTS) is 1. The summed E-state index contributed by atoms with van der Waals surface area (Å²) in [5, 5.41) is 12.2. The zero-order valence-corrected chi connectivity index (χ0v) is 12.4. The molecule has 0 aliphatic heterocycles. The van der Waals surface area contributed by atoms with Crippen molar-refractivity contribution in [1.29, 1.82) is 0 Å². The molecule has 0 unspecified atom stereocenters. The average Bonchev–Trinajstić information content (AvgIpc) is 2.46. The Morgan fingerprint density at radius 2 is 2.10 bits per heavy atom. The Labute approximate surface area is 124 Å². The second-order valence-electron chi connectivity index (χ2n) is 5.82. The molecular weight excluding hydrogens is 273 g/mol. The number of halogens is 1. The van der Waals surface area contributed by atoms with Crippen LogP contribution in [-0.4, -0.2) is 27.6 Å². The van der Waals surface area contributed by atoms with Crippen molar-refractivity contribution in [2.24, 2.45) is 5.41 Å². The topological polar surface area (TPSA) is 75.1 Å². The molecule has 1 fully saturated rings. The van der Waals surface area contributed by atoms with Crippen molar-refractivity contribution in [1.82, 2.24) is 9.97 Å². The minimum absolute atomic E-state index is 0.118. The van der Waals surface area contributed by atoms with E-state index in [1.165, 1.54) is 6.33 Å². The molecule has 21 heavy (non-hydrogen) atoms. The van der Waals surface area contributed by atoms with E-state index in [9.17, 15) is 9.18 Å². The van der Waals surface area contributed by atoms with Gasteiger partial charge in [0.05, 0.1) is 12.1 Å². The van der Waals surface area contributed by atoms with Gasteiger partial charge in [-0.05, 0) is 24.7 Å². The minimum atomic E-state index is -0.795. The van der Waals surface area contributed by atoms with E-state index in [0.29, 0.717) is 18.7 Å². The predicted octanol–water partition coefficient (Wildman–Crippen LogP) is 3.02. The molecule has 0 bridgehead atoms. The molecule has 116 valence electrons. The minimum Gasteiger partial charge on any atom is -0.481 e. The lowest BCUT2D eigenvalue weighted by Crippen LogP contribution is -2.35. The van der Waals surface area contributed by atoms with Crippen LogP contribution in [0.3, 0.4) is 0 Å². The quantitative estimate of drug-likeness (QED) is 0.843. The highest BCUT2D eigenvalue weighted by Crippen LogP contribution is 2.39. The molecule has 6 heteroatoms. The van der Waals surface area contributed by atoms with Gasteiger partial charge in [-0.1, -0.05) is 26.2 Å². The molecule has 0 atom stereocenters. The second-order valence-corrected chi connectivity index (χ2v) is 5.82. The van der Waals surface area contributed by atoms with Crippen molar-refractivity contribution in [2.45, 2.75) is 51.9 Å². The Balaban J connectivity index is 2.09. The molecule has 0 saturated heterocycles. The van der Waals surface area contributed by atoms with Gasteiger partial charge in [-0.25, -0.2) is 14.4 Å². The molecule has 1 aliphatic carbocycles. The van der Waals surface area contributed by atoms with Crippen LogP contribution in [0.1, 0.15) is 51.1 Å². The number of nitrogens with zero attached hydrogens (tertiary/aromatic N) is 2. The van der Waals surface area contributed by atoms with Gasteiger partial charge < -0.3 is 10.4 Å². The molecule has 5 nitrogen and oxygen atoms in total. The van der Waals surface area contributed by atoms with Crippen LogP contribution in [0.2, 0.25) is 0 Å². The Morgan fingerprint density at radius 1 is 1.38 bits per heavy atom. The molecule has 2 N–H and O–H groups in total. The third-order valence-electron chi connectivity index (χ3n) is 4.27. The number of aliphatic carboxylic acids is 1. The van der Waals surface area contributed by atoms with Crippen molar-refractivity contribution in [3.63, 3.8) is 0 Å². The van der Waals surface area contributed by atoms with Crippen LogP contribution in [0.15, 0.2) is 6.33 Å². The van der Waals surface area contributed by atoms with Gasteiger partial charge in [0.25, 0.3) is 0 Å². The first kappa shape index (κ1) is 15.7. The van der Waals surface area contributed by atoms with Gasteiger partial charge in [0.2, 0.25) is 0 Å². The van der Waals surface area contributed by atoms with Crippen LogP contribution in [-0.2, 0) is 11.2 Å². The molecule has 1 heterocycles. The van der Waals surface area contributed by atoms with Crippen LogP contribution >= 0.6 is 0 Å². The summed E-state index contributed by atoms with van der Waals surface area (Å²) in [6.07, 6.45) is 6.89. The van der Waals surface area contributed by atoms with Crippen molar-refractivity contribution >= 4 is 11.8 Å². The first-order chi connectivity index (χ1) is 10.1. The highest BCUT2D eigenvalue weighted by atomic mass is 19.1. The van der Waals surface area contributed by atoms with E-state index in [1.54, 1.807) is 0 Å². The first-order valence-electron chi connectivity index (χ1n) is 7.51. The van der Waals surface area contributed by atoms with E-state index in [4.69, 9.17) is 5.11 Å². The SMILES string of the molecule is CCc1ncnc(NCC2(CC(=O)O)CCCCC2)c1F. The largest absolute Gasteiger partial charge is 0.481 e. The Kier molecular flexibility index (Phi) is 5.09. The highest BCUT2D eigenvalue weighted by Gasteiger charge is 2.34. The van der Waals surface area contributed by atoms with Gasteiger partial charge in [-0.2, -0.15) is 0 Å². The van der Waals surface area contributed by atoms with Crippen LogP contribution in [0.4, 0.5) is 10.2 Å². The smallest absolute Gasteiger partial charge is 0.303 e. The normalized spacial score (nSPS) is 17.4. The lowest BCUT2D eigenvalue weighted by molar-refractivity contribution is -0.140. The van der Waals surface area contributed by atoms with Gasteiger partial charge in [0.1, 0.15) is 6.33 Å². The van der Waals surface area contributed by atoms with Crippen molar-refractivity contribution in [3.05, 3.63) is 17.8 Å². The first-order valence-corrected chi connectivity index (χ1v) is 7.51. The van der Waals surface area contributed by atoms with Gasteiger partial charge in [0, 0.05) is 6.54 Å². The molecule has 0 aromatic carbocycles. The summed E-state index contributed by atoms with van der Waals surface area (Å²) in [6, 6.07) is 0. The van der Waals surface area contributed by atoms with Crippen LogP contribution < -0.4 is 5.32 Å². The third-order valence-corrected chi connectivity index (χ3v) is 4.27. The van der Waals surface area contributed by atoms with Crippen molar-refractivity contribution in [2.75, 3.05) is 11.9 Å². The zero-order chi connectivity index (χ0) is 15.3. The zero-order valence-electron chi connectivity index (χ0n) is 12.4. The average molecular weight is 295 g/mol. The van der Waals surface area contributed by atoms with E-state index >= 15 is 0 Å². The summed E-state index contributed by atoms with van der Waals surface area (Å²) >= 11 is 0. The fourth-order valence-corrected chi connectivity index (χ4v) is 3.09. The number of aromatic nitrogens is 2. The molecule has 0 radical (unpaired) electrons. The monoisotopic (exact) mass is 295 g/mol. The van der Waals surface area contributed by atoms with Gasteiger partial charge in [-0.15, -0.1) is 0 Å². The number of hydrogen-bond donors (Lipinski definition) is 2. The van der Waals surface area contributed by atoms with E-state index in [1.807, 2.05) is 6.92 Å². The number of rotatable bonds is 6. The van der Waals surface area contributed by atoms with E-state index in [2.05, 4.69) is 15.3 Å². The van der Waals surface area contributed by atoms with Crippen LogP contribution in [0.5, 0.6) is 0 Å². The Morgan fingerprint density at radius 3 is 2.71 bits per heavy atom. The number of hydrogen-bond acceptors (Lipinski definition) is 4. The third kappa shape index (κ3) is 3.89. The molecule has 1 aromatic rings. The summed E-state index contributed by atoms with van der Waals surface area (Å²) in [4.78, 5) is 19.0. The van der Waals surface area contributed by atoms with E-state index in [-0.39, 0.29) is 17.7 Å². The van der Waals surface area contributed by atoms with Gasteiger partial charge in [-0.3, -0.25) is 4.79 Å². The van der Waals surface area contributed by atoms with Crippen molar-refractivity contribution < 1.29 is 14.3 Å². The maximum absolute atomic E-state index is 14.1. The molecule has 1 saturated carbocycles. The summed E-state index contributed by atoms with van der Waals surface area (Å²) in [7, 11) is 0. The van der Waals surface area contributed by atoms with E-state index in [0.717, 1.165) is 32.1 Å². The summed E-state index contributed by atoms with van der Waals surface area (Å²) in [6.45, 7) is 2.28. The lowest BCUT2D eigenvalue weighted by atomic mass is 9.71. The number of carboxylic acids is 1. The predicted molar refractivity (Wildman–Crippen MR) is 77.6 cm³/mol. The second kappa shape index (κ2) is 6.83. The van der Waals surface area contributed by atoms with Crippen LogP contribution in [0.25, 0.3) is 0 Å². The van der Waals surface area contributed by atoms with Gasteiger partial charge >= 0.3 is 5.97 Å². The number of nitrogens with one attached hydrogen (secondary N) is 1. The molecule has 1 aromatic heterocycles. The standard InChI is InChI=1S/C15H22FN3O2/c1-2-11-13(16)14(19-10-18-11)17-9-15(8-12(20)21)6-4-3-5-7-15/h10H,2-9H2,1H3,(H,20,21)(H,17,18,19). The Hall–Kier alpha value is -1.72. The number of carbonyl (C=O) groups is 1. The summed E-state index contributed by atoms with van der Waals surface area (Å²) < 4.78 is 14.1. The fourth-order valence-electron chi connectivity index (χ4n) is 3.09. The maximum Gasteiger partial charge on any atom is 0.303 e. The number of aryl methyl sites for hydroxylation is 1. The van der Waals surface area contributed by atoms with Gasteiger partial charge in [0.15, 0.2) is 11.6 Å². The molecule has 0 amide bonds. The molecule has 1 aliphatic rings. The Bertz CT molecular complexity index is 502. The molecule has 2 rings (SSSR count). The maximum atomic E-state index is 14.1. The summed E-state index contributed by atoms with van der Waals surface area (Å²) in [5.41, 5.74) is 0.0804.